The zero-order valence-corrected chi connectivity index (χ0v) is 24.5. The van der Waals surface area contributed by atoms with Gasteiger partial charge in [0, 0.05) is 53.7 Å². The summed E-state index contributed by atoms with van der Waals surface area (Å²) in [5, 5.41) is 6.45. The van der Waals surface area contributed by atoms with Crippen LogP contribution in [0.5, 0.6) is 5.88 Å². The third kappa shape index (κ3) is 7.34. The van der Waals surface area contributed by atoms with Crippen molar-refractivity contribution in [3.05, 3.63) is 101 Å². The van der Waals surface area contributed by atoms with Crippen LogP contribution in [0.3, 0.4) is 0 Å². The molecule has 0 saturated carbocycles. The Morgan fingerprint density at radius 2 is 1.84 bits per heavy atom. The van der Waals surface area contributed by atoms with Crippen LogP contribution in [0, 0.1) is 12.7 Å². The predicted octanol–water partition coefficient (Wildman–Crippen LogP) is 6.78. The molecular formula is C30H24ClF4N7O3. The fourth-order valence-electron chi connectivity index (χ4n) is 4.21. The maximum absolute atomic E-state index is 13.7. The van der Waals surface area contributed by atoms with Crippen LogP contribution in [0.1, 0.15) is 34.2 Å². The third-order valence-electron chi connectivity index (χ3n) is 6.36. The first kappa shape index (κ1) is 31.3. The second-order valence-electron chi connectivity index (χ2n) is 9.52. The summed E-state index contributed by atoms with van der Waals surface area (Å²) in [4.78, 5) is 30.0. The summed E-state index contributed by atoms with van der Waals surface area (Å²) in [6.45, 7) is 3.35. The molecule has 10 nitrogen and oxygen atoms in total. The van der Waals surface area contributed by atoms with Crippen molar-refractivity contribution >= 4 is 29.2 Å². The quantitative estimate of drug-likeness (QED) is 0.130. The Labute approximate surface area is 259 Å². The molecule has 4 heterocycles. The van der Waals surface area contributed by atoms with E-state index in [9.17, 15) is 22.4 Å². The number of carbonyl (C=O) groups excluding carboxylic acids is 1. The number of aromatic nitrogens is 6. The minimum atomic E-state index is -4.72. The van der Waals surface area contributed by atoms with Gasteiger partial charge in [-0.05, 0) is 61.9 Å². The number of alkyl halides is 3. The molecule has 4 aromatic heterocycles. The largest absolute Gasteiger partial charge is 0.477 e. The lowest BCUT2D eigenvalue weighted by Gasteiger charge is -2.15. The van der Waals surface area contributed by atoms with Crippen LogP contribution in [-0.4, -0.2) is 48.9 Å². The molecule has 0 aliphatic carbocycles. The summed E-state index contributed by atoms with van der Waals surface area (Å²) in [5.74, 6) is -1.45. The Hall–Kier alpha value is -5.11. The van der Waals surface area contributed by atoms with Crippen LogP contribution in [0.25, 0.3) is 16.9 Å². The SMILES string of the molecule is CCOC(=O)c1cc(-c2cnc(Nc3ccc(F)c(Cl)c3)nc2-n2nc(C(F)(F)F)cc2C)cnc1OCCc1ccncc1. The van der Waals surface area contributed by atoms with Crippen LogP contribution in [0.2, 0.25) is 5.02 Å². The van der Waals surface area contributed by atoms with E-state index in [1.807, 2.05) is 12.1 Å². The van der Waals surface area contributed by atoms with Gasteiger partial charge < -0.3 is 14.8 Å². The van der Waals surface area contributed by atoms with Crippen LogP contribution in [0.4, 0.5) is 29.2 Å². The second kappa shape index (κ2) is 13.3. The van der Waals surface area contributed by atoms with Crippen molar-refractivity contribution in [3.63, 3.8) is 0 Å². The lowest BCUT2D eigenvalue weighted by Crippen LogP contribution is -2.12. The van der Waals surface area contributed by atoms with E-state index in [-0.39, 0.29) is 58.3 Å². The van der Waals surface area contributed by atoms with Crippen molar-refractivity contribution in [2.24, 2.45) is 0 Å². The fourth-order valence-corrected chi connectivity index (χ4v) is 4.39. The minimum Gasteiger partial charge on any atom is -0.477 e. The molecule has 0 atom stereocenters. The number of hydrogen-bond donors (Lipinski definition) is 1. The number of pyridine rings is 2. The van der Waals surface area contributed by atoms with Gasteiger partial charge in [0.05, 0.1) is 18.2 Å². The van der Waals surface area contributed by atoms with Gasteiger partial charge in [-0.15, -0.1) is 0 Å². The number of aryl methyl sites for hydroxylation is 1. The van der Waals surface area contributed by atoms with Crippen LogP contribution < -0.4 is 10.1 Å². The van der Waals surface area contributed by atoms with E-state index >= 15 is 0 Å². The zero-order valence-electron chi connectivity index (χ0n) is 23.8. The first-order valence-corrected chi connectivity index (χ1v) is 13.8. The molecule has 0 bridgehead atoms. The Balaban J connectivity index is 1.56. The summed E-state index contributed by atoms with van der Waals surface area (Å²) < 4.78 is 66.5. The highest BCUT2D eigenvalue weighted by molar-refractivity contribution is 6.31. The highest BCUT2D eigenvalue weighted by Crippen LogP contribution is 2.33. The number of rotatable bonds is 10. The molecule has 15 heteroatoms. The third-order valence-corrected chi connectivity index (χ3v) is 6.65. The lowest BCUT2D eigenvalue weighted by molar-refractivity contribution is -0.141. The molecule has 0 unspecified atom stereocenters. The zero-order chi connectivity index (χ0) is 32.1. The number of halogens is 5. The van der Waals surface area contributed by atoms with Gasteiger partial charge in [0.25, 0.3) is 0 Å². The topological polar surface area (TPSA) is 117 Å². The summed E-state index contributed by atoms with van der Waals surface area (Å²) in [6, 6.07) is 9.80. The van der Waals surface area contributed by atoms with E-state index < -0.39 is 23.7 Å². The minimum absolute atomic E-state index is 0.00801. The molecule has 5 rings (SSSR count). The highest BCUT2D eigenvalue weighted by atomic mass is 35.5. The lowest BCUT2D eigenvalue weighted by atomic mass is 10.1. The monoisotopic (exact) mass is 641 g/mol. The molecule has 0 radical (unpaired) electrons. The molecule has 1 N–H and O–H groups in total. The maximum Gasteiger partial charge on any atom is 0.435 e. The van der Waals surface area contributed by atoms with Crippen LogP contribution >= 0.6 is 11.6 Å². The molecule has 0 saturated heterocycles. The molecule has 0 amide bonds. The maximum atomic E-state index is 13.7. The van der Waals surface area contributed by atoms with E-state index in [0.29, 0.717) is 12.1 Å². The smallest absolute Gasteiger partial charge is 0.435 e. The van der Waals surface area contributed by atoms with E-state index in [4.69, 9.17) is 21.1 Å². The number of carbonyl (C=O) groups is 1. The molecule has 0 aliphatic rings. The Bertz CT molecular complexity index is 1830. The number of anilines is 2. The van der Waals surface area contributed by atoms with Crippen molar-refractivity contribution in [3.8, 4) is 22.8 Å². The first-order valence-electron chi connectivity index (χ1n) is 13.5. The molecule has 0 fully saturated rings. The van der Waals surface area contributed by atoms with Crippen LogP contribution in [0.15, 0.2) is 67.3 Å². The first-order chi connectivity index (χ1) is 21.5. The highest BCUT2D eigenvalue weighted by Gasteiger charge is 2.35. The summed E-state index contributed by atoms with van der Waals surface area (Å²) in [6.07, 6.45) is 1.81. The summed E-state index contributed by atoms with van der Waals surface area (Å²) in [7, 11) is 0. The van der Waals surface area contributed by atoms with Gasteiger partial charge >= 0.3 is 12.1 Å². The number of esters is 1. The summed E-state index contributed by atoms with van der Waals surface area (Å²) >= 11 is 5.88. The molecule has 45 heavy (non-hydrogen) atoms. The Morgan fingerprint density at radius 3 is 2.53 bits per heavy atom. The number of benzene rings is 1. The van der Waals surface area contributed by atoms with Crippen molar-refractivity contribution in [2.75, 3.05) is 18.5 Å². The fraction of sp³-hybridized carbons (Fsp3) is 0.200. The van der Waals surface area contributed by atoms with Crippen LogP contribution in [-0.2, 0) is 17.3 Å². The van der Waals surface area contributed by atoms with E-state index in [2.05, 4.69) is 30.4 Å². The van der Waals surface area contributed by atoms with Crippen molar-refractivity contribution in [1.82, 2.24) is 29.7 Å². The summed E-state index contributed by atoms with van der Waals surface area (Å²) in [5.41, 5.74) is 0.735. The molecule has 0 aliphatic heterocycles. The van der Waals surface area contributed by atoms with Gasteiger partial charge in [0.2, 0.25) is 11.8 Å². The molecule has 5 aromatic rings. The Morgan fingerprint density at radius 1 is 1.07 bits per heavy atom. The van der Waals surface area contributed by atoms with Crippen molar-refractivity contribution in [2.45, 2.75) is 26.4 Å². The van der Waals surface area contributed by atoms with E-state index in [1.165, 1.54) is 37.5 Å². The number of nitrogens with one attached hydrogen (secondary N) is 1. The average molecular weight is 642 g/mol. The van der Waals surface area contributed by atoms with Gasteiger partial charge in [-0.25, -0.2) is 23.8 Å². The van der Waals surface area contributed by atoms with E-state index in [0.717, 1.165) is 22.4 Å². The molecule has 232 valence electrons. The average Bonchev–Trinajstić information content (AvgIpc) is 3.42. The molecule has 1 aromatic carbocycles. The van der Waals surface area contributed by atoms with Gasteiger partial charge in [0.1, 0.15) is 11.4 Å². The predicted molar refractivity (Wildman–Crippen MR) is 156 cm³/mol. The standard InChI is InChI=1S/C30H24ClF4N7O3/c1-3-44-28(43)21-13-19(15-37-27(21)45-11-8-18-6-9-36-10-7-18)22-16-38-29(39-20-4-5-24(32)23(31)14-20)40-26(22)42-17(2)12-25(41-42)30(33,34)35/h4-7,9-10,12-16H,3,8,11H2,1-2H3,(H,38,39,40). The van der Waals surface area contributed by atoms with Gasteiger partial charge in [-0.3, -0.25) is 4.98 Å². The number of hydrogen-bond acceptors (Lipinski definition) is 9. The van der Waals surface area contributed by atoms with Gasteiger partial charge in [0.15, 0.2) is 11.5 Å². The molecular weight excluding hydrogens is 618 g/mol. The number of nitrogens with zero attached hydrogens (tertiary/aromatic N) is 6. The second-order valence-corrected chi connectivity index (χ2v) is 9.92. The van der Waals surface area contributed by atoms with Crippen molar-refractivity contribution < 1.29 is 31.8 Å². The Kier molecular flexibility index (Phi) is 9.23. The van der Waals surface area contributed by atoms with Gasteiger partial charge in [-0.1, -0.05) is 11.6 Å². The van der Waals surface area contributed by atoms with Gasteiger partial charge in [-0.2, -0.15) is 23.3 Å². The molecule has 0 spiro atoms. The number of ether oxygens (including phenoxy) is 2. The normalized spacial score (nSPS) is 11.4. The van der Waals surface area contributed by atoms with Crippen molar-refractivity contribution in [1.29, 1.82) is 0 Å². The van der Waals surface area contributed by atoms with E-state index in [1.54, 1.807) is 19.3 Å².